The van der Waals surface area contributed by atoms with Gasteiger partial charge in [0.2, 0.25) is 11.8 Å². The molecule has 1 aliphatic carbocycles. The van der Waals surface area contributed by atoms with Gasteiger partial charge in [-0.3, -0.25) is 4.40 Å². The number of pyridine rings is 1. The topological polar surface area (TPSA) is 86.5 Å². The van der Waals surface area contributed by atoms with E-state index in [1.54, 1.807) is 42.4 Å². The van der Waals surface area contributed by atoms with Crippen LogP contribution >= 0.6 is 0 Å². The lowest BCUT2D eigenvalue weighted by atomic mass is 10.0. The van der Waals surface area contributed by atoms with Crippen LogP contribution in [-0.2, 0) is 6.54 Å². The number of aromatic nitrogens is 5. The van der Waals surface area contributed by atoms with E-state index in [2.05, 4.69) is 25.5 Å². The summed E-state index contributed by atoms with van der Waals surface area (Å²) in [6.07, 6.45) is 6.16. The van der Waals surface area contributed by atoms with E-state index in [1.165, 1.54) is 6.07 Å². The highest BCUT2D eigenvalue weighted by molar-refractivity contribution is 5.77. The number of halogens is 1. The zero-order chi connectivity index (χ0) is 20.2. The van der Waals surface area contributed by atoms with Gasteiger partial charge in [-0.2, -0.15) is 0 Å². The maximum Gasteiger partial charge on any atom is 0.212 e. The first kappa shape index (κ1) is 17.1. The van der Waals surface area contributed by atoms with Crippen molar-refractivity contribution in [3.63, 3.8) is 0 Å². The molecular weight excluding hydrogens is 387 g/mol. The van der Waals surface area contributed by atoms with Crippen molar-refractivity contribution in [3.05, 3.63) is 59.9 Å². The van der Waals surface area contributed by atoms with Crippen LogP contribution < -0.4 is 14.8 Å². The molecule has 1 N–H and O–H groups in total. The summed E-state index contributed by atoms with van der Waals surface area (Å²) in [7, 11) is 1.57. The lowest BCUT2D eigenvalue weighted by Gasteiger charge is -2.13. The van der Waals surface area contributed by atoms with Gasteiger partial charge in [0.25, 0.3) is 0 Å². The molecule has 1 aliphatic heterocycles. The van der Waals surface area contributed by atoms with Gasteiger partial charge in [0.1, 0.15) is 24.0 Å². The molecule has 3 aromatic heterocycles. The second-order valence-corrected chi connectivity index (χ2v) is 7.40. The molecule has 0 spiro atoms. The standard InChI is InChI=1S/C21H17FN6O2/c1-29-18-5-2-11(7-23-18)13-8-24-21(28-10-26-27-20(13)28)25-9-14-15(22)3-4-16-19(14)12-6-17(12)30-16/h2-5,7-8,10,12,17H,6,9H2,1H3,(H,24,25)/t12-,17?/m0/s1. The number of anilines is 1. The van der Waals surface area contributed by atoms with Crippen LogP contribution in [0.4, 0.5) is 10.3 Å². The number of methoxy groups -OCH3 is 1. The molecule has 1 saturated carbocycles. The van der Waals surface area contributed by atoms with Crippen LogP contribution in [0.25, 0.3) is 16.8 Å². The third-order valence-corrected chi connectivity index (χ3v) is 5.65. The highest BCUT2D eigenvalue weighted by atomic mass is 19.1. The van der Waals surface area contributed by atoms with Crippen LogP contribution in [0.3, 0.4) is 0 Å². The molecule has 1 unspecified atom stereocenters. The summed E-state index contributed by atoms with van der Waals surface area (Å²) in [6.45, 7) is 0.297. The van der Waals surface area contributed by atoms with Gasteiger partial charge in [-0.1, -0.05) is 0 Å². The third-order valence-electron chi connectivity index (χ3n) is 5.65. The lowest BCUT2D eigenvalue weighted by Crippen LogP contribution is -2.10. The Bertz CT molecular complexity index is 1270. The van der Waals surface area contributed by atoms with Gasteiger partial charge >= 0.3 is 0 Å². The number of benzene rings is 1. The van der Waals surface area contributed by atoms with Crippen molar-refractivity contribution in [1.29, 1.82) is 0 Å². The smallest absolute Gasteiger partial charge is 0.212 e. The van der Waals surface area contributed by atoms with E-state index in [4.69, 9.17) is 9.47 Å². The Morgan fingerprint density at radius 3 is 3.00 bits per heavy atom. The van der Waals surface area contributed by atoms with Gasteiger partial charge in [0.15, 0.2) is 5.65 Å². The van der Waals surface area contributed by atoms with Crippen LogP contribution in [0.2, 0.25) is 0 Å². The van der Waals surface area contributed by atoms with E-state index in [9.17, 15) is 4.39 Å². The fourth-order valence-electron chi connectivity index (χ4n) is 4.06. The zero-order valence-corrected chi connectivity index (χ0v) is 16.0. The van der Waals surface area contributed by atoms with E-state index >= 15 is 0 Å². The summed E-state index contributed by atoms with van der Waals surface area (Å²) in [5, 5.41) is 11.5. The molecule has 6 rings (SSSR count). The van der Waals surface area contributed by atoms with E-state index in [0.717, 1.165) is 28.9 Å². The van der Waals surface area contributed by atoms with Gasteiger partial charge in [-0.25, -0.2) is 14.4 Å². The number of rotatable bonds is 5. The van der Waals surface area contributed by atoms with E-state index in [-0.39, 0.29) is 11.9 Å². The molecule has 4 aromatic rings. The molecule has 1 aromatic carbocycles. The molecule has 2 aliphatic rings. The summed E-state index contributed by atoms with van der Waals surface area (Å²) in [6, 6.07) is 6.84. The molecule has 0 radical (unpaired) electrons. The number of fused-ring (bicyclic) bond motifs is 4. The predicted molar refractivity (Wildman–Crippen MR) is 106 cm³/mol. The Labute approximate surface area is 170 Å². The molecule has 0 amide bonds. The van der Waals surface area contributed by atoms with Crippen LogP contribution in [0, 0.1) is 5.82 Å². The van der Waals surface area contributed by atoms with Crippen molar-refractivity contribution in [2.75, 3.05) is 12.4 Å². The number of nitrogens with zero attached hydrogens (tertiary/aromatic N) is 5. The minimum absolute atomic E-state index is 0.209. The van der Waals surface area contributed by atoms with Crippen LogP contribution in [0.5, 0.6) is 11.6 Å². The average Bonchev–Trinajstić information content (AvgIpc) is 3.19. The van der Waals surface area contributed by atoms with E-state index in [1.807, 2.05) is 6.07 Å². The molecule has 4 heterocycles. The fraction of sp³-hybridized carbons (Fsp3) is 0.238. The molecule has 1 fully saturated rings. The summed E-state index contributed by atoms with van der Waals surface area (Å²) in [4.78, 5) is 8.77. The third kappa shape index (κ3) is 2.58. The average molecular weight is 404 g/mol. The van der Waals surface area contributed by atoms with Crippen molar-refractivity contribution in [1.82, 2.24) is 24.6 Å². The maximum absolute atomic E-state index is 14.6. The lowest BCUT2D eigenvalue weighted by molar-refractivity contribution is 0.318. The number of nitrogens with one attached hydrogen (secondary N) is 1. The SMILES string of the molecule is COc1ccc(-c2cnc(NCc3c(F)ccc4c3[C@H]3CC3O4)n3cnnc23)cn1. The van der Waals surface area contributed by atoms with Gasteiger partial charge in [0, 0.05) is 53.2 Å². The van der Waals surface area contributed by atoms with Gasteiger partial charge < -0.3 is 14.8 Å². The van der Waals surface area contributed by atoms with Crippen molar-refractivity contribution in [3.8, 4) is 22.8 Å². The molecule has 2 atom stereocenters. The van der Waals surface area contributed by atoms with Gasteiger partial charge in [-0.15, -0.1) is 10.2 Å². The number of hydrogen-bond acceptors (Lipinski definition) is 7. The Kier molecular flexibility index (Phi) is 3.64. The molecule has 0 saturated heterocycles. The highest BCUT2D eigenvalue weighted by Gasteiger charge is 2.49. The monoisotopic (exact) mass is 404 g/mol. The van der Waals surface area contributed by atoms with Crippen molar-refractivity contribution in [2.24, 2.45) is 0 Å². The Morgan fingerprint density at radius 1 is 1.23 bits per heavy atom. The van der Waals surface area contributed by atoms with Crippen molar-refractivity contribution in [2.45, 2.75) is 25.0 Å². The summed E-state index contributed by atoms with van der Waals surface area (Å²) >= 11 is 0. The van der Waals surface area contributed by atoms with Crippen LogP contribution in [0.1, 0.15) is 23.5 Å². The normalized spacial score (nSPS) is 18.6. The highest BCUT2D eigenvalue weighted by Crippen LogP contribution is 2.55. The second-order valence-electron chi connectivity index (χ2n) is 7.40. The molecule has 30 heavy (non-hydrogen) atoms. The first-order valence-electron chi connectivity index (χ1n) is 9.64. The second kappa shape index (κ2) is 6.38. The molecular formula is C21H17FN6O2. The van der Waals surface area contributed by atoms with Gasteiger partial charge in [-0.05, 0) is 24.6 Å². The Balaban J connectivity index is 1.33. The number of hydrogen-bond donors (Lipinski definition) is 1. The summed E-state index contributed by atoms with van der Waals surface area (Å²) in [5.74, 6) is 1.92. The largest absolute Gasteiger partial charge is 0.489 e. The van der Waals surface area contributed by atoms with E-state index in [0.29, 0.717) is 35.5 Å². The Morgan fingerprint density at radius 2 is 2.17 bits per heavy atom. The van der Waals surface area contributed by atoms with Gasteiger partial charge in [0.05, 0.1) is 7.11 Å². The minimum Gasteiger partial charge on any atom is -0.489 e. The summed E-state index contributed by atoms with van der Waals surface area (Å²) < 4.78 is 27.3. The van der Waals surface area contributed by atoms with E-state index < -0.39 is 0 Å². The van der Waals surface area contributed by atoms with Crippen LogP contribution in [0.15, 0.2) is 43.0 Å². The predicted octanol–water partition coefficient (Wildman–Crippen LogP) is 3.19. The summed E-state index contributed by atoms with van der Waals surface area (Å²) in [5.41, 5.74) is 3.87. The maximum atomic E-state index is 14.6. The van der Waals surface area contributed by atoms with Crippen molar-refractivity contribution < 1.29 is 13.9 Å². The van der Waals surface area contributed by atoms with Crippen LogP contribution in [-0.4, -0.2) is 37.8 Å². The molecule has 0 bridgehead atoms. The number of ether oxygens (including phenoxy) is 2. The zero-order valence-electron chi connectivity index (χ0n) is 16.0. The van der Waals surface area contributed by atoms with Crippen molar-refractivity contribution >= 4 is 11.6 Å². The first-order valence-corrected chi connectivity index (χ1v) is 9.64. The quantitative estimate of drug-likeness (QED) is 0.547. The Hall–Kier alpha value is -3.75. The first-order chi connectivity index (χ1) is 14.7. The molecule has 9 heteroatoms. The minimum atomic E-state index is -0.238. The molecule has 150 valence electrons. The fourth-order valence-corrected chi connectivity index (χ4v) is 4.06. The molecule has 8 nitrogen and oxygen atoms in total.